The van der Waals surface area contributed by atoms with E-state index in [9.17, 15) is 5.11 Å². The first kappa shape index (κ1) is 13.5. The minimum atomic E-state index is -0.562. The molecule has 0 saturated heterocycles. The molecule has 1 atom stereocenters. The van der Waals surface area contributed by atoms with Gasteiger partial charge in [0, 0.05) is 25.1 Å². The monoisotopic (exact) mass is 271 g/mol. The van der Waals surface area contributed by atoms with Crippen LogP contribution in [0.1, 0.15) is 30.1 Å². The number of aliphatic hydroxyl groups excluding tert-OH is 1. The Labute approximate surface area is 112 Å². The van der Waals surface area contributed by atoms with Crippen molar-refractivity contribution in [2.45, 2.75) is 31.8 Å². The Morgan fingerprint density at radius 3 is 2.83 bits per heavy atom. The standard InChI is InChI=1S/C12H18ClN3O2/c1-7-10(13)15-12(8-3-4-8)16-11(7)14-5-9(17)6-18-2/h8-9,17H,3-6H2,1-2H3,(H,14,15,16). The first-order chi connectivity index (χ1) is 8.61. The van der Waals surface area contributed by atoms with Gasteiger partial charge in [0.2, 0.25) is 0 Å². The lowest BCUT2D eigenvalue weighted by Gasteiger charge is -2.14. The van der Waals surface area contributed by atoms with Gasteiger partial charge in [-0.3, -0.25) is 0 Å². The Morgan fingerprint density at radius 1 is 1.50 bits per heavy atom. The van der Waals surface area contributed by atoms with E-state index < -0.39 is 6.10 Å². The van der Waals surface area contributed by atoms with E-state index in [0.717, 1.165) is 24.2 Å². The predicted octanol–water partition coefficient (Wildman–Crippen LogP) is 1.74. The first-order valence-corrected chi connectivity index (χ1v) is 6.44. The van der Waals surface area contributed by atoms with Gasteiger partial charge in [0.15, 0.2) is 0 Å². The van der Waals surface area contributed by atoms with Crippen LogP contribution >= 0.6 is 11.6 Å². The van der Waals surface area contributed by atoms with Crippen LogP contribution < -0.4 is 5.32 Å². The van der Waals surface area contributed by atoms with E-state index in [4.69, 9.17) is 16.3 Å². The normalized spacial score (nSPS) is 16.7. The summed E-state index contributed by atoms with van der Waals surface area (Å²) in [6.07, 6.45) is 1.70. The van der Waals surface area contributed by atoms with Gasteiger partial charge < -0.3 is 15.2 Å². The van der Waals surface area contributed by atoms with Crippen molar-refractivity contribution < 1.29 is 9.84 Å². The summed E-state index contributed by atoms with van der Waals surface area (Å²) in [5.41, 5.74) is 0.811. The van der Waals surface area contributed by atoms with Crippen LogP contribution in [-0.4, -0.2) is 41.4 Å². The Kier molecular flexibility index (Phi) is 4.37. The SMILES string of the molecule is COCC(O)CNc1nc(C2CC2)nc(Cl)c1C. The summed E-state index contributed by atoms with van der Waals surface area (Å²) in [5, 5.41) is 13.2. The molecule has 6 heteroatoms. The fraction of sp³-hybridized carbons (Fsp3) is 0.667. The largest absolute Gasteiger partial charge is 0.389 e. The lowest BCUT2D eigenvalue weighted by Crippen LogP contribution is -2.25. The van der Waals surface area contributed by atoms with Crippen LogP contribution in [-0.2, 0) is 4.74 Å². The number of aliphatic hydroxyl groups is 1. The van der Waals surface area contributed by atoms with Crippen molar-refractivity contribution in [1.82, 2.24) is 9.97 Å². The Balaban J connectivity index is 2.06. The van der Waals surface area contributed by atoms with Gasteiger partial charge in [0.25, 0.3) is 0 Å². The lowest BCUT2D eigenvalue weighted by molar-refractivity contribution is 0.0727. The van der Waals surface area contributed by atoms with Gasteiger partial charge in [-0.15, -0.1) is 0 Å². The van der Waals surface area contributed by atoms with Crippen molar-refractivity contribution in [2.75, 3.05) is 25.6 Å². The molecule has 1 aromatic rings. The van der Waals surface area contributed by atoms with Crippen molar-refractivity contribution in [2.24, 2.45) is 0 Å². The van der Waals surface area contributed by atoms with Crippen molar-refractivity contribution in [3.8, 4) is 0 Å². The smallest absolute Gasteiger partial charge is 0.137 e. The maximum atomic E-state index is 9.60. The molecule has 0 aliphatic heterocycles. The average Bonchev–Trinajstić information content (AvgIpc) is 3.15. The molecule has 1 aliphatic rings. The molecule has 0 spiro atoms. The summed E-state index contributed by atoms with van der Waals surface area (Å²) in [6, 6.07) is 0. The van der Waals surface area contributed by atoms with Crippen LogP contribution in [0, 0.1) is 6.92 Å². The summed E-state index contributed by atoms with van der Waals surface area (Å²) in [5.74, 6) is 1.95. The minimum Gasteiger partial charge on any atom is -0.389 e. The number of rotatable bonds is 6. The van der Waals surface area contributed by atoms with Gasteiger partial charge >= 0.3 is 0 Å². The Hall–Kier alpha value is -0.910. The average molecular weight is 272 g/mol. The second-order valence-electron chi connectivity index (χ2n) is 4.61. The molecule has 18 heavy (non-hydrogen) atoms. The topological polar surface area (TPSA) is 67.3 Å². The highest BCUT2D eigenvalue weighted by molar-refractivity contribution is 6.30. The number of methoxy groups -OCH3 is 1. The zero-order chi connectivity index (χ0) is 13.1. The van der Waals surface area contributed by atoms with E-state index in [1.807, 2.05) is 6.92 Å². The number of hydrogen-bond donors (Lipinski definition) is 2. The quantitative estimate of drug-likeness (QED) is 0.772. The number of halogens is 1. The first-order valence-electron chi connectivity index (χ1n) is 6.06. The highest BCUT2D eigenvalue weighted by Crippen LogP contribution is 2.39. The molecule has 1 unspecified atom stereocenters. The number of aromatic nitrogens is 2. The van der Waals surface area contributed by atoms with Gasteiger partial charge in [0.05, 0.1) is 12.7 Å². The zero-order valence-corrected chi connectivity index (χ0v) is 11.4. The van der Waals surface area contributed by atoms with Crippen molar-refractivity contribution in [3.63, 3.8) is 0 Å². The van der Waals surface area contributed by atoms with Crippen LogP contribution in [0.3, 0.4) is 0 Å². The summed E-state index contributed by atoms with van der Waals surface area (Å²) in [7, 11) is 1.56. The highest BCUT2D eigenvalue weighted by Gasteiger charge is 2.28. The predicted molar refractivity (Wildman–Crippen MR) is 70.1 cm³/mol. The molecular formula is C12H18ClN3O2. The number of anilines is 1. The molecule has 0 aromatic carbocycles. The second kappa shape index (κ2) is 5.82. The lowest BCUT2D eigenvalue weighted by atomic mass is 10.3. The van der Waals surface area contributed by atoms with Gasteiger partial charge in [-0.05, 0) is 19.8 Å². The second-order valence-corrected chi connectivity index (χ2v) is 4.97. The van der Waals surface area contributed by atoms with Crippen molar-refractivity contribution in [1.29, 1.82) is 0 Å². The van der Waals surface area contributed by atoms with Crippen LogP contribution in [0.5, 0.6) is 0 Å². The Bertz CT molecular complexity index is 424. The van der Waals surface area contributed by atoms with E-state index in [2.05, 4.69) is 15.3 Å². The third-order valence-electron chi connectivity index (χ3n) is 2.91. The summed E-state index contributed by atoms with van der Waals surface area (Å²) in [4.78, 5) is 8.75. The molecule has 1 saturated carbocycles. The van der Waals surface area contributed by atoms with E-state index in [1.54, 1.807) is 7.11 Å². The molecule has 5 nitrogen and oxygen atoms in total. The van der Waals surface area contributed by atoms with Crippen LogP contribution in [0.25, 0.3) is 0 Å². The highest BCUT2D eigenvalue weighted by atomic mass is 35.5. The third-order valence-corrected chi connectivity index (χ3v) is 3.28. The van der Waals surface area contributed by atoms with Crippen LogP contribution in [0.15, 0.2) is 0 Å². The number of nitrogens with one attached hydrogen (secondary N) is 1. The van der Waals surface area contributed by atoms with E-state index in [1.165, 1.54) is 0 Å². The fourth-order valence-electron chi connectivity index (χ4n) is 1.67. The molecule has 1 fully saturated rings. The van der Waals surface area contributed by atoms with Gasteiger partial charge in [-0.1, -0.05) is 11.6 Å². The maximum absolute atomic E-state index is 9.60. The summed E-state index contributed by atoms with van der Waals surface area (Å²) in [6.45, 7) is 2.54. The Morgan fingerprint density at radius 2 is 2.22 bits per heavy atom. The molecule has 1 aliphatic carbocycles. The molecule has 0 bridgehead atoms. The third kappa shape index (κ3) is 3.31. The van der Waals surface area contributed by atoms with E-state index in [0.29, 0.717) is 30.0 Å². The molecular weight excluding hydrogens is 254 g/mol. The molecule has 0 amide bonds. The summed E-state index contributed by atoms with van der Waals surface area (Å²) < 4.78 is 4.87. The molecule has 100 valence electrons. The number of hydrogen-bond acceptors (Lipinski definition) is 5. The molecule has 1 aromatic heterocycles. The zero-order valence-electron chi connectivity index (χ0n) is 10.6. The van der Waals surface area contributed by atoms with E-state index >= 15 is 0 Å². The van der Waals surface area contributed by atoms with Gasteiger partial charge in [-0.25, -0.2) is 9.97 Å². The van der Waals surface area contributed by atoms with Crippen molar-refractivity contribution >= 4 is 17.4 Å². The fourth-order valence-corrected chi connectivity index (χ4v) is 1.84. The molecule has 1 heterocycles. The van der Waals surface area contributed by atoms with E-state index in [-0.39, 0.29) is 0 Å². The number of ether oxygens (including phenoxy) is 1. The van der Waals surface area contributed by atoms with Crippen LogP contribution in [0.2, 0.25) is 5.15 Å². The van der Waals surface area contributed by atoms with Crippen LogP contribution in [0.4, 0.5) is 5.82 Å². The van der Waals surface area contributed by atoms with Gasteiger partial charge in [-0.2, -0.15) is 0 Å². The minimum absolute atomic E-state index is 0.292. The van der Waals surface area contributed by atoms with Gasteiger partial charge in [0.1, 0.15) is 16.8 Å². The molecule has 2 N–H and O–H groups in total. The molecule has 2 rings (SSSR count). The number of nitrogens with zero attached hydrogens (tertiary/aromatic N) is 2. The molecule has 0 radical (unpaired) electrons. The van der Waals surface area contributed by atoms with Crippen molar-refractivity contribution in [3.05, 3.63) is 16.5 Å². The maximum Gasteiger partial charge on any atom is 0.137 e. The summed E-state index contributed by atoms with van der Waals surface area (Å²) >= 11 is 6.09.